The lowest BCUT2D eigenvalue weighted by atomic mass is 9.88. The van der Waals surface area contributed by atoms with E-state index in [4.69, 9.17) is 28.7 Å². The fourth-order valence-corrected chi connectivity index (χ4v) is 8.30. The van der Waals surface area contributed by atoms with Crippen LogP contribution in [0.2, 0.25) is 0 Å². The molecule has 1 aromatic rings. The first-order valence-corrected chi connectivity index (χ1v) is 24.1. The molecule has 0 bridgehead atoms. The van der Waals surface area contributed by atoms with Crippen LogP contribution >= 0.6 is 7.82 Å². The Morgan fingerprint density at radius 3 is 2.05 bits per heavy atom. The molecule has 1 aliphatic carbocycles. The second-order valence-corrected chi connectivity index (χ2v) is 17.7. The molecular weight excluding hydrogens is 777 g/mol. The summed E-state index contributed by atoms with van der Waals surface area (Å²) in [4.78, 5) is 47.8. The maximum atomic E-state index is 12.7. The van der Waals surface area contributed by atoms with E-state index in [1.54, 1.807) is 6.08 Å². The lowest BCUT2D eigenvalue weighted by Gasteiger charge is -2.20. The van der Waals surface area contributed by atoms with Crippen molar-refractivity contribution in [1.82, 2.24) is 0 Å². The molecule has 1 fully saturated rings. The van der Waals surface area contributed by atoms with Crippen molar-refractivity contribution < 1.29 is 57.0 Å². The third-order valence-electron chi connectivity index (χ3n) is 11.2. The number of furan rings is 1. The van der Waals surface area contributed by atoms with Crippen LogP contribution in [0.4, 0.5) is 0 Å². The van der Waals surface area contributed by atoms with Crippen LogP contribution in [0.25, 0.3) is 0 Å². The summed E-state index contributed by atoms with van der Waals surface area (Å²) >= 11 is 0. The summed E-state index contributed by atoms with van der Waals surface area (Å²) in [6, 6.07) is 0. The van der Waals surface area contributed by atoms with Gasteiger partial charge in [-0.05, 0) is 63.5 Å². The van der Waals surface area contributed by atoms with E-state index in [1.807, 2.05) is 6.08 Å². The Balaban J connectivity index is 1.70. The Morgan fingerprint density at radius 1 is 0.831 bits per heavy atom. The molecular formula is C45H78NO12P. The molecule has 1 aromatic heterocycles. The number of rotatable bonds is 35. The Hall–Kier alpha value is -2.38. The van der Waals surface area contributed by atoms with Crippen LogP contribution in [0.5, 0.6) is 0 Å². The number of carbonyl (C=O) groups is 3. The Labute approximate surface area is 354 Å². The van der Waals surface area contributed by atoms with Crippen LogP contribution in [-0.4, -0.2) is 77.5 Å². The fourth-order valence-electron chi connectivity index (χ4n) is 7.53. The van der Waals surface area contributed by atoms with Crippen LogP contribution in [0, 0.1) is 25.7 Å². The summed E-state index contributed by atoms with van der Waals surface area (Å²) in [7, 11) is -4.45. The molecule has 0 spiro atoms. The normalized spacial score (nSPS) is 19.0. The van der Waals surface area contributed by atoms with E-state index in [0.29, 0.717) is 25.7 Å². The summed E-state index contributed by atoms with van der Waals surface area (Å²) in [5, 5.41) is 20.7. The monoisotopic (exact) mass is 856 g/mol. The lowest BCUT2D eigenvalue weighted by Crippen LogP contribution is -2.29. The molecule has 1 heterocycles. The number of phosphoric ester groups is 1. The number of Topliss-reactive ketones (excluding diaryl/α,β-unsaturated/α-hetero) is 1. The van der Waals surface area contributed by atoms with Crippen LogP contribution in [-0.2, 0) is 50.3 Å². The number of hydrogen-bond acceptors (Lipinski definition) is 12. The summed E-state index contributed by atoms with van der Waals surface area (Å²) in [5.74, 6) is 0.680. The number of ether oxygens (including phenoxy) is 2. The highest BCUT2D eigenvalue weighted by Gasteiger charge is 2.39. The lowest BCUT2D eigenvalue weighted by molar-refractivity contribution is -0.161. The zero-order valence-corrected chi connectivity index (χ0v) is 37.6. The fraction of sp³-hybridized carbons (Fsp3) is 0.800. The highest BCUT2D eigenvalue weighted by molar-refractivity contribution is 7.47. The number of hydrogen-bond donors (Lipinski definition) is 4. The van der Waals surface area contributed by atoms with Crippen LogP contribution in [0.1, 0.15) is 171 Å². The van der Waals surface area contributed by atoms with Crippen molar-refractivity contribution in [2.75, 3.05) is 26.4 Å². The number of unbranched alkanes of at least 4 members (excludes halogenated alkanes) is 12. The number of esters is 2. The SMILES string of the molecule is CCCCCc1oc(CCCCCCCCC(=O)O[C@H](COC(=O)CCCCCC[C@H]2C(=O)C[C@@H](O)[C@@H]2/C=C/[C@@H](O)CCCCC)COP(=O)(O)OCCN)c(C)c1C. The second-order valence-electron chi connectivity index (χ2n) is 16.3. The minimum atomic E-state index is -4.45. The molecule has 2 rings (SSSR count). The Morgan fingerprint density at radius 2 is 1.41 bits per heavy atom. The minimum absolute atomic E-state index is 0.0112. The molecule has 0 amide bonds. The number of aryl methyl sites for hydroxylation is 2. The second kappa shape index (κ2) is 30.6. The predicted molar refractivity (Wildman–Crippen MR) is 229 cm³/mol. The van der Waals surface area contributed by atoms with Gasteiger partial charge >= 0.3 is 19.8 Å². The number of aliphatic hydroxyl groups is 2. The molecule has 0 aromatic carbocycles. The van der Waals surface area contributed by atoms with E-state index >= 15 is 0 Å². The number of nitrogens with two attached hydrogens (primary N) is 1. The van der Waals surface area contributed by atoms with Gasteiger partial charge in [0.1, 0.15) is 23.9 Å². The van der Waals surface area contributed by atoms with Crippen LogP contribution < -0.4 is 5.73 Å². The zero-order valence-electron chi connectivity index (χ0n) is 36.7. The van der Waals surface area contributed by atoms with Crippen LogP contribution in [0.15, 0.2) is 16.6 Å². The number of phosphoric acid groups is 1. The first kappa shape index (κ1) is 52.8. The van der Waals surface area contributed by atoms with E-state index < -0.39 is 44.7 Å². The Kier molecular flexibility index (Phi) is 27.4. The van der Waals surface area contributed by atoms with Crippen molar-refractivity contribution >= 4 is 25.5 Å². The van der Waals surface area contributed by atoms with Gasteiger partial charge in [0.2, 0.25) is 0 Å². The minimum Gasteiger partial charge on any atom is -0.466 e. The molecule has 1 aliphatic rings. The zero-order chi connectivity index (χ0) is 43.5. The van der Waals surface area contributed by atoms with Gasteiger partial charge in [-0.1, -0.05) is 103 Å². The van der Waals surface area contributed by atoms with Gasteiger partial charge in [0.15, 0.2) is 6.10 Å². The molecule has 0 aliphatic heterocycles. The maximum Gasteiger partial charge on any atom is 0.472 e. The van der Waals surface area contributed by atoms with Gasteiger partial charge in [-0.2, -0.15) is 0 Å². The predicted octanol–water partition coefficient (Wildman–Crippen LogP) is 8.85. The molecule has 13 nitrogen and oxygen atoms in total. The summed E-state index contributed by atoms with van der Waals surface area (Å²) in [6.45, 7) is 7.58. The third kappa shape index (κ3) is 22.3. The number of ketones is 1. The van der Waals surface area contributed by atoms with E-state index in [0.717, 1.165) is 101 Å². The van der Waals surface area contributed by atoms with Gasteiger partial charge in [0.25, 0.3) is 0 Å². The first-order valence-electron chi connectivity index (χ1n) is 22.6. The molecule has 59 heavy (non-hydrogen) atoms. The van der Waals surface area contributed by atoms with Gasteiger partial charge in [-0.3, -0.25) is 23.4 Å². The van der Waals surface area contributed by atoms with Crippen molar-refractivity contribution in [3.8, 4) is 0 Å². The Bertz CT molecular complexity index is 1410. The smallest absolute Gasteiger partial charge is 0.466 e. The molecule has 0 radical (unpaired) electrons. The molecule has 0 saturated heterocycles. The van der Waals surface area contributed by atoms with Crippen molar-refractivity contribution in [3.63, 3.8) is 0 Å². The first-order chi connectivity index (χ1) is 28.3. The summed E-state index contributed by atoms with van der Waals surface area (Å²) in [6.07, 6.45) is 19.8. The van der Waals surface area contributed by atoms with Gasteiger partial charge in [-0.15, -0.1) is 0 Å². The average molecular weight is 856 g/mol. The molecule has 1 unspecified atom stereocenters. The highest BCUT2D eigenvalue weighted by atomic mass is 31.2. The summed E-state index contributed by atoms with van der Waals surface area (Å²) < 4.78 is 39.1. The van der Waals surface area contributed by atoms with Crippen molar-refractivity contribution in [2.24, 2.45) is 17.6 Å². The van der Waals surface area contributed by atoms with Gasteiger partial charge in [0.05, 0.1) is 25.4 Å². The van der Waals surface area contributed by atoms with Crippen molar-refractivity contribution in [3.05, 3.63) is 34.8 Å². The molecule has 1 saturated carbocycles. The van der Waals surface area contributed by atoms with Gasteiger partial charge < -0.3 is 34.7 Å². The largest absolute Gasteiger partial charge is 0.472 e. The summed E-state index contributed by atoms with van der Waals surface area (Å²) in [5.41, 5.74) is 7.92. The molecule has 5 N–H and O–H groups in total. The van der Waals surface area contributed by atoms with E-state index in [9.17, 15) is 34.1 Å². The maximum absolute atomic E-state index is 12.7. The average Bonchev–Trinajstić information content (AvgIpc) is 3.63. The highest BCUT2D eigenvalue weighted by Crippen LogP contribution is 2.43. The van der Waals surface area contributed by atoms with E-state index in [2.05, 4.69) is 27.7 Å². The quantitative estimate of drug-likeness (QED) is 0.0218. The third-order valence-corrected chi connectivity index (χ3v) is 12.2. The molecule has 340 valence electrons. The van der Waals surface area contributed by atoms with Gasteiger partial charge in [-0.25, -0.2) is 4.57 Å². The van der Waals surface area contributed by atoms with Gasteiger partial charge in [0, 0.05) is 50.5 Å². The van der Waals surface area contributed by atoms with E-state index in [1.165, 1.54) is 24.0 Å². The topological polar surface area (TPSA) is 205 Å². The standard InChI is InChI=1S/C45H78NO12P/c1-5-7-15-21-36(47)27-28-39-38(40(48)31-41(39)49)22-17-13-14-19-25-44(50)54-32-37(33-56-59(52,53)55-30-29-46)57-45(51)26-20-12-10-9-11-18-24-43-35(4)34(3)42(58-43)23-16-8-6-2/h27-28,36-39,41,47,49H,5-26,29-33,46H2,1-4H3,(H,52,53)/b28-27+/t36-,37+,38+,39+,41+/m0/s1. The number of carbonyl (C=O) groups excluding carboxylic acids is 3. The van der Waals surface area contributed by atoms with Crippen molar-refractivity contribution in [2.45, 2.75) is 194 Å². The van der Waals surface area contributed by atoms with Crippen molar-refractivity contribution in [1.29, 1.82) is 0 Å². The van der Waals surface area contributed by atoms with E-state index in [-0.39, 0.29) is 56.6 Å². The van der Waals surface area contributed by atoms with Crippen LogP contribution in [0.3, 0.4) is 0 Å². The molecule has 14 heteroatoms. The number of aliphatic hydroxyl groups excluding tert-OH is 2. The molecule has 6 atom stereocenters.